The van der Waals surface area contributed by atoms with Crippen LogP contribution in [0, 0.1) is 5.82 Å². The van der Waals surface area contributed by atoms with E-state index in [9.17, 15) is 4.39 Å². The van der Waals surface area contributed by atoms with E-state index in [1.807, 2.05) is 0 Å². The largest absolute Gasteiger partial charge is 0.258 e. The average molecular weight is 171 g/mol. The van der Waals surface area contributed by atoms with E-state index < -0.39 is 0 Å². The maximum Gasteiger partial charge on any atom is 0.141 e. The van der Waals surface area contributed by atoms with Crippen LogP contribution in [0.4, 0.5) is 4.39 Å². The molecule has 3 heteroatoms. The van der Waals surface area contributed by atoms with E-state index in [2.05, 4.69) is 17.6 Å². The predicted molar refractivity (Wildman–Crippen MR) is 46.4 cm³/mol. The van der Waals surface area contributed by atoms with Crippen molar-refractivity contribution in [1.82, 2.24) is 4.98 Å². The monoisotopic (exact) mass is 171 g/mol. The summed E-state index contributed by atoms with van der Waals surface area (Å²) in [6, 6.07) is 3.14. The van der Waals surface area contributed by atoms with Gasteiger partial charge in [-0.15, -0.1) is 0 Å². The molecule has 1 nitrogen and oxygen atoms in total. The highest BCUT2D eigenvalue weighted by Crippen LogP contribution is 2.01. The molecule has 0 unspecified atom stereocenters. The van der Waals surface area contributed by atoms with Crippen molar-refractivity contribution in [2.45, 2.75) is 12.8 Å². The Morgan fingerprint density at radius 1 is 1.45 bits per heavy atom. The third-order valence-electron chi connectivity index (χ3n) is 1.38. The van der Waals surface area contributed by atoms with Crippen LogP contribution in [0.2, 0.25) is 0 Å². The first kappa shape index (κ1) is 8.53. The van der Waals surface area contributed by atoms with Crippen molar-refractivity contribution in [3.8, 4) is 0 Å². The van der Waals surface area contributed by atoms with Crippen molar-refractivity contribution < 1.29 is 4.39 Å². The summed E-state index contributed by atoms with van der Waals surface area (Å²) in [6.07, 6.45) is 3.11. The maximum absolute atomic E-state index is 12.3. The van der Waals surface area contributed by atoms with Crippen LogP contribution < -0.4 is 0 Å². The lowest BCUT2D eigenvalue weighted by molar-refractivity contribution is 0.618. The molecule has 0 aliphatic heterocycles. The third-order valence-corrected chi connectivity index (χ3v) is 1.70. The van der Waals surface area contributed by atoms with E-state index in [1.54, 1.807) is 6.07 Å². The van der Waals surface area contributed by atoms with Gasteiger partial charge < -0.3 is 0 Å². The molecular formula is C8H10FNS. The van der Waals surface area contributed by atoms with Crippen LogP contribution in [0.5, 0.6) is 0 Å². The Bertz CT molecular complexity index is 210. The quantitative estimate of drug-likeness (QED) is 0.687. The molecule has 1 aromatic rings. The van der Waals surface area contributed by atoms with Gasteiger partial charge in [-0.05, 0) is 30.7 Å². The molecule has 0 saturated heterocycles. The summed E-state index contributed by atoms with van der Waals surface area (Å²) >= 11 is 4.07. The molecule has 11 heavy (non-hydrogen) atoms. The van der Waals surface area contributed by atoms with E-state index in [-0.39, 0.29) is 5.82 Å². The van der Waals surface area contributed by atoms with Crippen LogP contribution >= 0.6 is 12.6 Å². The van der Waals surface area contributed by atoms with E-state index in [4.69, 9.17) is 0 Å². The molecule has 0 atom stereocenters. The van der Waals surface area contributed by atoms with Gasteiger partial charge in [-0.1, -0.05) is 0 Å². The summed E-state index contributed by atoms with van der Waals surface area (Å²) in [5.41, 5.74) is 0.931. The van der Waals surface area contributed by atoms with Gasteiger partial charge in [0.2, 0.25) is 0 Å². The normalized spacial score (nSPS) is 10.0. The number of rotatable bonds is 3. The Balaban J connectivity index is 2.52. The van der Waals surface area contributed by atoms with Crippen molar-refractivity contribution in [2.75, 3.05) is 5.75 Å². The molecule has 0 fully saturated rings. The standard InChI is InChI=1S/C8H10FNS/c9-7-3-4-8(10-6-7)2-1-5-11/h3-4,6,11H,1-2,5H2. The van der Waals surface area contributed by atoms with Gasteiger partial charge in [0, 0.05) is 5.69 Å². The molecule has 0 aliphatic rings. The average Bonchev–Trinajstić information content (AvgIpc) is 2.04. The summed E-state index contributed by atoms with van der Waals surface area (Å²) in [7, 11) is 0. The van der Waals surface area contributed by atoms with Crippen LogP contribution in [0.15, 0.2) is 18.3 Å². The van der Waals surface area contributed by atoms with Crippen LogP contribution in [0.25, 0.3) is 0 Å². The zero-order valence-corrected chi connectivity index (χ0v) is 7.02. The summed E-state index contributed by atoms with van der Waals surface area (Å²) in [5, 5.41) is 0. The van der Waals surface area contributed by atoms with E-state index in [0.717, 1.165) is 24.3 Å². The number of aromatic nitrogens is 1. The topological polar surface area (TPSA) is 12.9 Å². The first-order valence-electron chi connectivity index (χ1n) is 3.54. The second-order valence-corrected chi connectivity index (χ2v) is 2.74. The third kappa shape index (κ3) is 2.89. The molecule has 0 amide bonds. The van der Waals surface area contributed by atoms with Crippen molar-refractivity contribution >= 4 is 12.6 Å². The number of thiol groups is 1. The molecule has 1 rings (SSSR count). The summed E-state index contributed by atoms with van der Waals surface area (Å²) < 4.78 is 12.3. The zero-order valence-electron chi connectivity index (χ0n) is 6.13. The van der Waals surface area contributed by atoms with Crippen molar-refractivity contribution in [3.63, 3.8) is 0 Å². The van der Waals surface area contributed by atoms with E-state index >= 15 is 0 Å². The number of nitrogens with zero attached hydrogens (tertiary/aromatic N) is 1. The van der Waals surface area contributed by atoms with Crippen LogP contribution in [0.1, 0.15) is 12.1 Å². The molecule has 0 spiro atoms. The highest BCUT2D eigenvalue weighted by Gasteiger charge is 1.93. The molecule has 0 N–H and O–H groups in total. The SMILES string of the molecule is Fc1ccc(CCCS)nc1. The van der Waals surface area contributed by atoms with Crippen molar-refractivity contribution in [3.05, 3.63) is 29.8 Å². The number of aryl methyl sites for hydroxylation is 1. The summed E-state index contributed by atoms with van der Waals surface area (Å²) in [5.74, 6) is 0.568. The second kappa shape index (κ2) is 4.34. The van der Waals surface area contributed by atoms with Gasteiger partial charge in [-0.2, -0.15) is 12.6 Å². The highest BCUT2D eigenvalue weighted by atomic mass is 32.1. The van der Waals surface area contributed by atoms with Gasteiger partial charge in [0.25, 0.3) is 0 Å². The lowest BCUT2D eigenvalue weighted by Crippen LogP contribution is -1.90. The predicted octanol–water partition coefficient (Wildman–Crippen LogP) is 2.08. The Morgan fingerprint density at radius 2 is 2.27 bits per heavy atom. The fourth-order valence-electron chi connectivity index (χ4n) is 0.815. The number of pyridine rings is 1. The molecular weight excluding hydrogens is 161 g/mol. The van der Waals surface area contributed by atoms with Crippen LogP contribution in [-0.2, 0) is 6.42 Å². The summed E-state index contributed by atoms with van der Waals surface area (Å²) in [6.45, 7) is 0. The molecule has 0 saturated carbocycles. The van der Waals surface area contributed by atoms with Gasteiger partial charge in [0.05, 0.1) is 6.20 Å². The molecule has 0 radical (unpaired) electrons. The first-order valence-corrected chi connectivity index (χ1v) is 4.17. The smallest absolute Gasteiger partial charge is 0.141 e. The Hall–Kier alpha value is -0.570. The highest BCUT2D eigenvalue weighted by molar-refractivity contribution is 7.80. The van der Waals surface area contributed by atoms with Gasteiger partial charge in [0.15, 0.2) is 0 Å². The van der Waals surface area contributed by atoms with E-state index in [1.165, 1.54) is 12.3 Å². The zero-order chi connectivity index (χ0) is 8.10. The number of hydrogen-bond donors (Lipinski definition) is 1. The molecule has 0 aliphatic carbocycles. The Morgan fingerprint density at radius 3 is 2.82 bits per heavy atom. The molecule has 0 aromatic carbocycles. The van der Waals surface area contributed by atoms with E-state index in [0.29, 0.717) is 0 Å². The van der Waals surface area contributed by atoms with Gasteiger partial charge >= 0.3 is 0 Å². The number of halogens is 1. The lowest BCUT2D eigenvalue weighted by atomic mass is 10.2. The minimum atomic E-state index is -0.278. The minimum absolute atomic E-state index is 0.278. The van der Waals surface area contributed by atoms with Crippen LogP contribution in [-0.4, -0.2) is 10.7 Å². The maximum atomic E-state index is 12.3. The molecule has 1 aromatic heterocycles. The fraction of sp³-hybridized carbons (Fsp3) is 0.375. The van der Waals surface area contributed by atoms with Crippen molar-refractivity contribution in [2.24, 2.45) is 0 Å². The van der Waals surface area contributed by atoms with Crippen molar-refractivity contribution in [1.29, 1.82) is 0 Å². The molecule has 0 bridgehead atoms. The lowest BCUT2D eigenvalue weighted by Gasteiger charge is -1.96. The minimum Gasteiger partial charge on any atom is -0.258 e. The number of hydrogen-bond acceptors (Lipinski definition) is 2. The van der Waals surface area contributed by atoms with Gasteiger partial charge in [-0.25, -0.2) is 4.39 Å². The summed E-state index contributed by atoms with van der Waals surface area (Å²) in [4.78, 5) is 3.91. The molecule has 1 heterocycles. The molecule has 60 valence electrons. The van der Waals surface area contributed by atoms with Gasteiger partial charge in [-0.3, -0.25) is 4.98 Å². The Labute approximate surface area is 71.1 Å². The van der Waals surface area contributed by atoms with Gasteiger partial charge in [0.1, 0.15) is 5.82 Å². The fourth-order valence-corrected chi connectivity index (χ4v) is 0.973. The Kier molecular flexibility index (Phi) is 3.36. The first-order chi connectivity index (χ1) is 5.33. The second-order valence-electron chi connectivity index (χ2n) is 2.29. The van der Waals surface area contributed by atoms with Crippen LogP contribution in [0.3, 0.4) is 0 Å².